The summed E-state index contributed by atoms with van der Waals surface area (Å²) in [4.78, 5) is 26.8. The lowest BCUT2D eigenvalue weighted by Crippen LogP contribution is -2.36. The molecule has 1 atom stereocenters. The van der Waals surface area contributed by atoms with Crippen molar-refractivity contribution in [3.8, 4) is 22.0 Å². The molecule has 3 aromatic heterocycles. The van der Waals surface area contributed by atoms with Crippen LogP contribution in [0.25, 0.3) is 22.0 Å². The lowest BCUT2D eigenvalue weighted by atomic mass is 9.91. The Morgan fingerprint density at radius 1 is 1.24 bits per heavy atom. The summed E-state index contributed by atoms with van der Waals surface area (Å²) in [6, 6.07) is 8.85. The van der Waals surface area contributed by atoms with Crippen LogP contribution >= 0.6 is 11.3 Å². The maximum absolute atomic E-state index is 14.5. The van der Waals surface area contributed by atoms with E-state index >= 15 is 0 Å². The maximum atomic E-state index is 14.5. The molecule has 1 fully saturated rings. The highest BCUT2D eigenvalue weighted by atomic mass is 32.1. The van der Waals surface area contributed by atoms with Gasteiger partial charge in [-0.1, -0.05) is 18.2 Å². The number of thiazole rings is 1. The molecule has 1 saturated heterocycles. The summed E-state index contributed by atoms with van der Waals surface area (Å²) < 4.78 is 16.2. The molecule has 0 bridgehead atoms. The average molecular weight is 466 g/mol. The summed E-state index contributed by atoms with van der Waals surface area (Å²) >= 11 is 1.32. The summed E-state index contributed by atoms with van der Waals surface area (Å²) in [5.41, 5.74) is 0.116. The Bertz CT molecular complexity index is 1350. The smallest absolute Gasteiger partial charge is 0.258 e. The van der Waals surface area contributed by atoms with Crippen LogP contribution in [0.1, 0.15) is 12.0 Å². The topological polar surface area (TPSA) is 109 Å². The number of halogens is 1. The molecule has 168 valence electrons. The third-order valence-electron chi connectivity index (χ3n) is 5.54. The lowest BCUT2D eigenvalue weighted by Gasteiger charge is -2.21. The highest BCUT2D eigenvalue weighted by Gasteiger charge is 2.45. The van der Waals surface area contributed by atoms with Gasteiger partial charge in [0, 0.05) is 50.3 Å². The highest BCUT2D eigenvalue weighted by Crippen LogP contribution is 2.36. The van der Waals surface area contributed by atoms with Crippen molar-refractivity contribution in [1.29, 1.82) is 0 Å². The van der Waals surface area contributed by atoms with Gasteiger partial charge >= 0.3 is 0 Å². The van der Waals surface area contributed by atoms with Gasteiger partial charge in [-0.15, -0.1) is 11.3 Å². The molecular formula is C22H20FN7O2S. The predicted octanol–water partition coefficient (Wildman–Crippen LogP) is 2.93. The number of aromatic nitrogens is 5. The molecule has 9 nitrogen and oxygen atoms in total. The molecule has 0 saturated carbocycles. The average Bonchev–Trinajstić information content (AvgIpc) is 3.53. The number of aliphatic hydroxyl groups is 1. The molecule has 1 aliphatic rings. The zero-order chi connectivity index (χ0) is 23.2. The number of likely N-dealkylation sites (tertiary alicyclic amines) is 1. The zero-order valence-electron chi connectivity index (χ0n) is 17.9. The third kappa shape index (κ3) is 3.85. The monoisotopic (exact) mass is 465 g/mol. The Morgan fingerprint density at radius 2 is 2.09 bits per heavy atom. The van der Waals surface area contributed by atoms with Crippen molar-refractivity contribution in [3.05, 3.63) is 59.5 Å². The van der Waals surface area contributed by atoms with E-state index in [1.807, 2.05) is 6.07 Å². The number of carbonyl (C=O) groups is 1. The van der Waals surface area contributed by atoms with Crippen molar-refractivity contribution in [2.45, 2.75) is 12.0 Å². The second-order valence-electron chi connectivity index (χ2n) is 7.85. The Balaban J connectivity index is 1.44. The maximum Gasteiger partial charge on any atom is 0.258 e. The zero-order valence-corrected chi connectivity index (χ0v) is 18.7. The van der Waals surface area contributed by atoms with Gasteiger partial charge in [0.2, 0.25) is 5.95 Å². The number of likely N-dealkylation sites (N-methyl/N-ethyl adjacent to an activating group) is 1. The summed E-state index contributed by atoms with van der Waals surface area (Å²) in [5.74, 6) is -0.180. The first kappa shape index (κ1) is 21.2. The molecule has 5 rings (SSSR count). The Labute approximate surface area is 192 Å². The standard InChI is InChI=1S/C22H20FN7O2S/c1-29-9-7-22(32,20(29)31)14-5-3-4-13(10-14)19-25-16(12-33-19)18-15(23)11-24-21(27-18)26-17-6-8-30(2)28-17/h3-6,8,10-12,32H,7,9H2,1-2H3,(H,24,26,27,28)/t22-/m1/s1. The van der Waals surface area contributed by atoms with E-state index in [1.165, 1.54) is 16.2 Å². The van der Waals surface area contributed by atoms with Crippen LogP contribution in [0.5, 0.6) is 0 Å². The van der Waals surface area contributed by atoms with Crippen molar-refractivity contribution < 1.29 is 14.3 Å². The Hall–Kier alpha value is -3.70. The van der Waals surface area contributed by atoms with Gasteiger partial charge in [0.1, 0.15) is 16.4 Å². The third-order valence-corrected chi connectivity index (χ3v) is 6.43. The minimum atomic E-state index is -1.55. The lowest BCUT2D eigenvalue weighted by molar-refractivity contribution is -0.143. The van der Waals surface area contributed by atoms with E-state index in [-0.39, 0.29) is 17.5 Å². The molecule has 1 amide bonds. The van der Waals surface area contributed by atoms with Crippen LogP contribution < -0.4 is 5.32 Å². The number of nitrogens with one attached hydrogen (secondary N) is 1. The molecule has 0 spiro atoms. The first-order valence-corrected chi connectivity index (χ1v) is 11.1. The van der Waals surface area contributed by atoms with Crippen LogP contribution in [0.3, 0.4) is 0 Å². The van der Waals surface area contributed by atoms with Crippen LogP contribution in [0, 0.1) is 5.82 Å². The number of benzene rings is 1. The van der Waals surface area contributed by atoms with E-state index < -0.39 is 11.4 Å². The van der Waals surface area contributed by atoms with E-state index in [1.54, 1.807) is 54.6 Å². The van der Waals surface area contributed by atoms with Gasteiger partial charge in [-0.25, -0.2) is 19.3 Å². The molecule has 0 unspecified atom stereocenters. The molecular weight excluding hydrogens is 445 g/mol. The fourth-order valence-corrected chi connectivity index (χ4v) is 4.55. The quantitative estimate of drug-likeness (QED) is 0.466. The number of carbonyl (C=O) groups excluding carboxylic acids is 1. The van der Waals surface area contributed by atoms with Crippen LogP contribution in [-0.4, -0.2) is 54.2 Å². The molecule has 4 aromatic rings. The molecule has 11 heteroatoms. The number of aryl methyl sites for hydroxylation is 1. The Morgan fingerprint density at radius 3 is 2.82 bits per heavy atom. The summed E-state index contributed by atoms with van der Waals surface area (Å²) in [6.07, 6.45) is 3.18. The first-order chi connectivity index (χ1) is 15.8. The summed E-state index contributed by atoms with van der Waals surface area (Å²) in [6.45, 7) is 0.489. The normalized spacial score (nSPS) is 18.2. The molecule has 2 N–H and O–H groups in total. The predicted molar refractivity (Wildman–Crippen MR) is 121 cm³/mol. The van der Waals surface area contributed by atoms with Crippen molar-refractivity contribution in [2.24, 2.45) is 7.05 Å². The summed E-state index contributed by atoms with van der Waals surface area (Å²) in [5, 5.41) is 20.4. The molecule has 4 heterocycles. The van der Waals surface area contributed by atoms with Gasteiger partial charge in [-0.3, -0.25) is 9.48 Å². The van der Waals surface area contributed by atoms with Crippen molar-refractivity contribution in [1.82, 2.24) is 29.6 Å². The van der Waals surface area contributed by atoms with Gasteiger partial charge in [-0.2, -0.15) is 5.10 Å². The van der Waals surface area contributed by atoms with Crippen molar-refractivity contribution >= 4 is 29.0 Å². The number of rotatable bonds is 5. The molecule has 33 heavy (non-hydrogen) atoms. The first-order valence-electron chi connectivity index (χ1n) is 10.2. The number of hydrogen-bond donors (Lipinski definition) is 2. The molecule has 1 aromatic carbocycles. The second kappa shape index (κ2) is 8.01. The van der Waals surface area contributed by atoms with E-state index in [0.717, 1.165) is 11.8 Å². The number of anilines is 2. The highest BCUT2D eigenvalue weighted by molar-refractivity contribution is 7.13. The van der Waals surface area contributed by atoms with Crippen LogP contribution in [0.2, 0.25) is 0 Å². The minimum absolute atomic E-state index is 0.0632. The van der Waals surface area contributed by atoms with Crippen molar-refractivity contribution in [3.63, 3.8) is 0 Å². The SMILES string of the molecule is CN1CC[C@@](O)(c2cccc(-c3nc(-c4nc(Nc5ccn(C)n5)ncc4F)cs3)c2)C1=O. The second-order valence-corrected chi connectivity index (χ2v) is 8.70. The van der Waals surface area contributed by atoms with Crippen LogP contribution in [0.4, 0.5) is 16.2 Å². The van der Waals surface area contributed by atoms with Gasteiger partial charge in [-0.05, 0) is 11.6 Å². The minimum Gasteiger partial charge on any atom is -0.375 e. The van der Waals surface area contributed by atoms with Gasteiger partial charge < -0.3 is 15.3 Å². The van der Waals surface area contributed by atoms with E-state index in [2.05, 4.69) is 25.4 Å². The van der Waals surface area contributed by atoms with Crippen molar-refractivity contribution in [2.75, 3.05) is 18.9 Å². The fraction of sp³-hybridized carbons (Fsp3) is 0.227. The van der Waals surface area contributed by atoms with Gasteiger partial charge in [0.05, 0.1) is 6.20 Å². The number of hydrogen-bond acceptors (Lipinski definition) is 8. The largest absolute Gasteiger partial charge is 0.375 e. The van der Waals surface area contributed by atoms with Crippen LogP contribution in [-0.2, 0) is 17.4 Å². The molecule has 0 radical (unpaired) electrons. The van der Waals surface area contributed by atoms with E-state index in [0.29, 0.717) is 35.0 Å². The fourth-order valence-electron chi connectivity index (χ4n) is 3.75. The van der Waals surface area contributed by atoms with Gasteiger partial charge in [0.15, 0.2) is 17.2 Å². The number of nitrogens with zero attached hydrogens (tertiary/aromatic N) is 6. The summed E-state index contributed by atoms with van der Waals surface area (Å²) in [7, 11) is 3.46. The number of amides is 1. The Kier molecular flexibility index (Phi) is 5.14. The van der Waals surface area contributed by atoms with Gasteiger partial charge in [0.25, 0.3) is 5.91 Å². The van der Waals surface area contributed by atoms with E-state index in [9.17, 15) is 14.3 Å². The molecule has 0 aliphatic carbocycles. The van der Waals surface area contributed by atoms with Crippen LogP contribution in [0.15, 0.2) is 48.1 Å². The molecule has 1 aliphatic heterocycles. The van der Waals surface area contributed by atoms with E-state index in [4.69, 9.17) is 0 Å².